The van der Waals surface area contributed by atoms with Gasteiger partial charge in [-0.1, -0.05) is 38.1 Å². The summed E-state index contributed by atoms with van der Waals surface area (Å²) in [7, 11) is 0. The molecule has 2 aliphatic heterocycles. The second-order valence-electron chi connectivity index (χ2n) is 7.49. The number of nitrogens with one attached hydrogen (secondary N) is 1. The van der Waals surface area contributed by atoms with Crippen LogP contribution in [0.3, 0.4) is 0 Å². The Balaban J connectivity index is 1.54. The van der Waals surface area contributed by atoms with E-state index in [1.807, 2.05) is 19.9 Å². The number of rotatable bonds is 6. The molecule has 2 N–H and O–H groups in total. The number of carbonyl (C=O) groups excluding carboxylic acids is 2. The average molecular weight is 345 g/mol. The van der Waals surface area contributed by atoms with Gasteiger partial charge in [-0.05, 0) is 29.9 Å². The molecule has 1 saturated heterocycles. The summed E-state index contributed by atoms with van der Waals surface area (Å²) in [6, 6.07) is 7.49. The first-order valence-corrected chi connectivity index (χ1v) is 9.03. The Morgan fingerprint density at radius 2 is 1.92 bits per heavy atom. The van der Waals surface area contributed by atoms with Crippen LogP contribution in [0.5, 0.6) is 0 Å². The number of aliphatic hydroxyl groups excluding tert-OH is 1. The van der Waals surface area contributed by atoms with Gasteiger partial charge in [0.15, 0.2) is 0 Å². The van der Waals surface area contributed by atoms with Gasteiger partial charge < -0.3 is 10.4 Å². The number of nitrogens with zero attached hydrogens (tertiary/aromatic N) is 2. The Hall–Kier alpha value is -1.92. The van der Waals surface area contributed by atoms with E-state index in [9.17, 15) is 14.7 Å². The molecule has 6 heteroatoms. The van der Waals surface area contributed by atoms with Crippen LogP contribution in [-0.4, -0.2) is 58.6 Å². The highest BCUT2D eigenvalue weighted by Crippen LogP contribution is 2.19. The van der Waals surface area contributed by atoms with Crippen LogP contribution in [0.4, 0.5) is 4.79 Å². The number of carbonyl (C=O) groups is 2. The molecule has 6 nitrogen and oxygen atoms in total. The molecule has 1 aromatic rings. The molecule has 2 aliphatic rings. The highest BCUT2D eigenvalue weighted by Gasteiger charge is 2.39. The maximum Gasteiger partial charge on any atom is 0.324 e. The molecule has 0 spiro atoms. The molecule has 0 bridgehead atoms. The lowest BCUT2D eigenvalue weighted by Crippen LogP contribution is -2.44. The van der Waals surface area contributed by atoms with Crippen molar-refractivity contribution in [3.8, 4) is 0 Å². The van der Waals surface area contributed by atoms with Crippen molar-refractivity contribution < 1.29 is 14.7 Å². The molecule has 0 unspecified atom stereocenters. The van der Waals surface area contributed by atoms with Crippen molar-refractivity contribution in [2.24, 2.45) is 5.92 Å². The Labute approximate surface area is 148 Å². The quantitative estimate of drug-likeness (QED) is 0.764. The molecule has 1 fully saturated rings. The predicted octanol–water partition coefficient (Wildman–Crippen LogP) is 1.37. The molecular formula is C19H27N3O3. The number of β-amino-alcohol motifs (C(OH)–C–C–N with tert-alkyl or cyclic N) is 1. The lowest BCUT2D eigenvalue weighted by molar-refractivity contribution is -0.128. The van der Waals surface area contributed by atoms with Gasteiger partial charge in [-0.15, -0.1) is 0 Å². The largest absolute Gasteiger partial charge is 0.390 e. The van der Waals surface area contributed by atoms with Gasteiger partial charge in [0.2, 0.25) is 0 Å². The molecule has 136 valence electrons. The summed E-state index contributed by atoms with van der Waals surface area (Å²) >= 11 is 0. The maximum absolute atomic E-state index is 12.4. The van der Waals surface area contributed by atoms with Crippen molar-refractivity contribution in [3.63, 3.8) is 0 Å². The average Bonchev–Trinajstić information content (AvgIpc) is 2.81. The van der Waals surface area contributed by atoms with Gasteiger partial charge in [-0.2, -0.15) is 0 Å². The first-order valence-electron chi connectivity index (χ1n) is 9.03. The standard InChI is InChI=1S/C19H27N3O3/c1-13(2)9-17-18(24)22(19(25)20-17)12-16(23)11-21-8-7-14-5-3-4-6-15(14)10-21/h3-6,13,16-17,23H,7-12H2,1-2H3,(H,20,25)/t16-,17+/m1/s1. The smallest absolute Gasteiger partial charge is 0.324 e. The second kappa shape index (κ2) is 7.54. The summed E-state index contributed by atoms with van der Waals surface area (Å²) in [4.78, 5) is 27.7. The van der Waals surface area contributed by atoms with E-state index in [0.717, 1.165) is 24.4 Å². The van der Waals surface area contributed by atoms with E-state index >= 15 is 0 Å². The molecule has 2 atom stereocenters. The molecule has 1 aromatic carbocycles. The van der Waals surface area contributed by atoms with Crippen LogP contribution in [0, 0.1) is 5.92 Å². The van der Waals surface area contributed by atoms with E-state index in [0.29, 0.717) is 18.9 Å². The number of hydrogen-bond donors (Lipinski definition) is 2. The number of aliphatic hydroxyl groups is 1. The molecule has 0 radical (unpaired) electrons. The third-order valence-electron chi connectivity index (χ3n) is 4.89. The van der Waals surface area contributed by atoms with E-state index < -0.39 is 18.2 Å². The zero-order valence-corrected chi connectivity index (χ0v) is 14.9. The van der Waals surface area contributed by atoms with Crippen molar-refractivity contribution in [3.05, 3.63) is 35.4 Å². The summed E-state index contributed by atoms with van der Waals surface area (Å²) in [5.41, 5.74) is 2.65. The van der Waals surface area contributed by atoms with Crippen LogP contribution in [0.2, 0.25) is 0 Å². The fourth-order valence-electron chi connectivity index (χ4n) is 3.66. The second-order valence-corrected chi connectivity index (χ2v) is 7.49. The highest BCUT2D eigenvalue weighted by molar-refractivity contribution is 6.04. The first-order chi connectivity index (χ1) is 11.9. The molecular weight excluding hydrogens is 318 g/mol. The minimum absolute atomic E-state index is 0.0530. The molecule has 25 heavy (non-hydrogen) atoms. The van der Waals surface area contributed by atoms with E-state index in [-0.39, 0.29) is 12.5 Å². The number of imide groups is 1. The van der Waals surface area contributed by atoms with Crippen molar-refractivity contribution in [2.45, 2.75) is 45.4 Å². The summed E-state index contributed by atoms with van der Waals surface area (Å²) in [6.07, 6.45) is 0.848. The third kappa shape index (κ3) is 4.19. The Morgan fingerprint density at radius 3 is 2.64 bits per heavy atom. The Morgan fingerprint density at radius 1 is 1.20 bits per heavy atom. The Bertz CT molecular complexity index is 647. The molecule has 0 saturated carbocycles. The topological polar surface area (TPSA) is 72.9 Å². The van der Waals surface area contributed by atoms with Crippen LogP contribution in [0.1, 0.15) is 31.4 Å². The van der Waals surface area contributed by atoms with E-state index in [4.69, 9.17) is 0 Å². The number of urea groups is 1. The number of fused-ring (bicyclic) bond motifs is 1. The predicted molar refractivity (Wildman–Crippen MR) is 94.9 cm³/mol. The fourth-order valence-corrected chi connectivity index (χ4v) is 3.66. The van der Waals surface area contributed by atoms with Gasteiger partial charge in [0, 0.05) is 19.6 Å². The summed E-state index contributed by atoms with van der Waals surface area (Å²) in [6.45, 7) is 6.22. The third-order valence-corrected chi connectivity index (χ3v) is 4.89. The van der Waals surface area contributed by atoms with Crippen molar-refractivity contribution in [2.75, 3.05) is 19.6 Å². The van der Waals surface area contributed by atoms with Gasteiger partial charge in [0.1, 0.15) is 6.04 Å². The lowest BCUT2D eigenvalue weighted by Gasteiger charge is -2.31. The molecule has 2 heterocycles. The number of benzene rings is 1. The molecule has 0 aromatic heterocycles. The van der Waals surface area contributed by atoms with Crippen molar-refractivity contribution >= 4 is 11.9 Å². The normalized spacial score (nSPS) is 22.2. The van der Waals surface area contributed by atoms with Gasteiger partial charge in [-0.25, -0.2) is 4.79 Å². The number of hydrogen-bond acceptors (Lipinski definition) is 4. The van der Waals surface area contributed by atoms with Gasteiger partial charge >= 0.3 is 6.03 Å². The maximum atomic E-state index is 12.4. The van der Waals surface area contributed by atoms with E-state index in [1.54, 1.807) is 0 Å². The van der Waals surface area contributed by atoms with Crippen LogP contribution in [-0.2, 0) is 17.8 Å². The van der Waals surface area contributed by atoms with Crippen LogP contribution >= 0.6 is 0 Å². The zero-order chi connectivity index (χ0) is 18.0. The SMILES string of the molecule is CC(C)C[C@@H]1NC(=O)N(C[C@H](O)CN2CCc3ccccc3C2)C1=O. The molecule has 0 aliphatic carbocycles. The molecule has 3 rings (SSSR count). The highest BCUT2D eigenvalue weighted by atomic mass is 16.3. The zero-order valence-electron chi connectivity index (χ0n) is 14.9. The van der Waals surface area contributed by atoms with E-state index in [1.165, 1.54) is 11.1 Å². The molecule has 3 amide bonds. The summed E-state index contributed by atoms with van der Waals surface area (Å²) < 4.78 is 0. The monoisotopic (exact) mass is 345 g/mol. The van der Waals surface area contributed by atoms with Gasteiger partial charge in [0.25, 0.3) is 5.91 Å². The number of amides is 3. The van der Waals surface area contributed by atoms with Gasteiger partial charge in [-0.3, -0.25) is 14.6 Å². The Kier molecular flexibility index (Phi) is 5.39. The van der Waals surface area contributed by atoms with Crippen LogP contribution < -0.4 is 5.32 Å². The van der Waals surface area contributed by atoms with E-state index in [2.05, 4.69) is 28.4 Å². The van der Waals surface area contributed by atoms with Gasteiger partial charge in [0.05, 0.1) is 12.6 Å². The minimum atomic E-state index is -0.738. The van der Waals surface area contributed by atoms with Crippen molar-refractivity contribution in [1.29, 1.82) is 0 Å². The minimum Gasteiger partial charge on any atom is -0.390 e. The van der Waals surface area contributed by atoms with Crippen LogP contribution in [0.25, 0.3) is 0 Å². The first kappa shape index (κ1) is 17.9. The van der Waals surface area contributed by atoms with Crippen molar-refractivity contribution in [1.82, 2.24) is 15.1 Å². The summed E-state index contributed by atoms with van der Waals surface area (Å²) in [5.74, 6) is 0.106. The van der Waals surface area contributed by atoms with Crippen LogP contribution in [0.15, 0.2) is 24.3 Å². The fraction of sp³-hybridized carbons (Fsp3) is 0.579. The summed E-state index contributed by atoms with van der Waals surface area (Å²) in [5, 5.41) is 13.1. The lowest BCUT2D eigenvalue weighted by atomic mass is 10.00.